The van der Waals surface area contributed by atoms with Crippen LogP contribution in [0.5, 0.6) is 11.5 Å². The highest BCUT2D eigenvalue weighted by Crippen LogP contribution is 2.46. The highest BCUT2D eigenvalue weighted by atomic mass is 32.2. The molecule has 3 rings (SSSR count). The minimum Gasteiger partial charge on any atom is -0.495 e. The Morgan fingerprint density at radius 3 is 2.04 bits per heavy atom. The van der Waals surface area contributed by atoms with Gasteiger partial charge in [0.15, 0.2) is 0 Å². The van der Waals surface area contributed by atoms with E-state index >= 15 is 0 Å². The van der Waals surface area contributed by atoms with Crippen LogP contribution in [0.4, 0.5) is 5.69 Å². The Labute approximate surface area is 142 Å². The number of non-ortho nitro benzene ring substituents is 1. The molecule has 0 saturated heterocycles. The van der Waals surface area contributed by atoms with E-state index < -0.39 is 25.6 Å². The monoisotopic (exact) mass is 363 g/mol. The normalized spacial score (nSPS) is 11.6. The van der Waals surface area contributed by atoms with E-state index in [9.17, 15) is 23.1 Å². The second-order valence-corrected chi connectivity index (χ2v) is 6.63. The maximum absolute atomic E-state index is 11.5. The van der Waals surface area contributed by atoms with Crippen LogP contribution in [-0.2, 0) is 10.1 Å². The molecule has 25 heavy (non-hydrogen) atoms. The van der Waals surface area contributed by atoms with Crippen LogP contribution in [0, 0.1) is 10.1 Å². The standard InChI is InChI=1S/C16H13NO7S/c1-23-15-10-5-3-4-6-11(10)16(24-2)14-12(15)7-9(25(20,21)22)8-13(14)17(18)19/h3-8H,1-2H3,(H,20,21,22). The van der Waals surface area contributed by atoms with Gasteiger partial charge in [0.1, 0.15) is 21.8 Å². The average Bonchev–Trinajstić information content (AvgIpc) is 2.57. The number of benzene rings is 3. The summed E-state index contributed by atoms with van der Waals surface area (Å²) in [5.41, 5.74) is -0.508. The summed E-state index contributed by atoms with van der Waals surface area (Å²) in [5.74, 6) is 0.472. The first kappa shape index (κ1) is 16.9. The first-order chi connectivity index (χ1) is 11.8. The molecule has 0 radical (unpaired) electrons. The zero-order valence-electron chi connectivity index (χ0n) is 13.2. The van der Waals surface area contributed by atoms with Crippen molar-refractivity contribution >= 4 is 37.4 Å². The van der Waals surface area contributed by atoms with Crippen LogP contribution in [0.1, 0.15) is 0 Å². The molecule has 1 N–H and O–H groups in total. The summed E-state index contributed by atoms with van der Waals surface area (Å²) in [5, 5.41) is 13.0. The number of hydrogen-bond donors (Lipinski definition) is 1. The Morgan fingerprint density at radius 1 is 1.00 bits per heavy atom. The van der Waals surface area contributed by atoms with Crippen molar-refractivity contribution < 1.29 is 27.4 Å². The molecule has 0 aliphatic heterocycles. The van der Waals surface area contributed by atoms with Gasteiger partial charge >= 0.3 is 0 Å². The van der Waals surface area contributed by atoms with Crippen molar-refractivity contribution in [3.05, 3.63) is 46.5 Å². The zero-order chi connectivity index (χ0) is 18.4. The van der Waals surface area contributed by atoms with Crippen LogP contribution >= 0.6 is 0 Å². The number of rotatable bonds is 4. The van der Waals surface area contributed by atoms with E-state index in [1.54, 1.807) is 24.3 Å². The number of hydrogen-bond acceptors (Lipinski definition) is 6. The second kappa shape index (κ2) is 5.87. The van der Waals surface area contributed by atoms with Gasteiger partial charge in [-0.15, -0.1) is 0 Å². The van der Waals surface area contributed by atoms with Gasteiger partial charge in [0.2, 0.25) is 0 Å². The van der Waals surface area contributed by atoms with E-state index in [1.807, 2.05) is 0 Å². The quantitative estimate of drug-likeness (QED) is 0.327. The Morgan fingerprint density at radius 2 is 1.56 bits per heavy atom. The first-order valence-corrected chi connectivity index (χ1v) is 8.46. The SMILES string of the molecule is COc1c2ccccc2c(OC)c2c([N+](=O)[O-])cc(S(=O)(=O)O)cc12. The Hall–Kier alpha value is -2.91. The molecule has 8 nitrogen and oxygen atoms in total. The van der Waals surface area contributed by atoms with Crippen molar-refractivity contribution in [2.24, 2.45) is 0 Å². The van der Waals surface area contributed by atoms with Crippen LogP contribution in [0.2, 0.25) is 0 Å². The Balaban J connectivity index is 2.69. The van der Waals surface area contributed by atoms with Gasteiger partial charge in [-0.3, -0.25) is 14.7 Å². The smallest absolute Gasteiger partial charge is 0.294 e. The molecule has 0 heterocycles. The third-order valence-electron chi connectivity index (χ3n) is 3.88. The molecular formula is C16H13NO7S. The molecule has 0 aromatic heterocycles. The molecule has 0 saturated carbocycles. The number of nitro benzene ring substituents is 1. The van der Waals surface area contributed by atoms with Crippen molar-refractivity contribution in [1.29, 1.82) is 0 Å². The highest BCUT2D eigenvalue weighted by Gasteiger charge is 2.26. The third-order valence-corrected chi connectivity index (χ3v) is 4.71. The number of nitro groups is 1. The molecule has 130 valence electrons. The lowest BCUT2D eigenvalue weighted by molar-refractivity contribution is -0.383. The Kier molecular flexibility index (Phi) is 3.97. The van der Waals surface area contributed by atoms with Gasteiger partial charge in [-0.2, -0.15) is 8.42 Å². The van der Waals surface area contributed by atoms with E-state index in [2.05, 4.69) is 0 Å². The molecule has 3 aromatic carbocycles. The van der Waals surface area contributed by atoms with Gasteiger partial charge < -0.3 is 9.47 Å². The summed E-state index contributed by atoms with van der Waals surface area (Å²) in [4.78, 5) is 10.2. The van der Waals surface area contributed by atoms with Gasteiger partial charge in [-0.25, -0.2) is 0 Å². The molecule has 9 heteroatoms. The fraction of sp³-hybridized carbons (Fsp3) is 0.125. The van der Waals surface area contributed by atoms with Gasteiger partial charge in [0.05, 0.1) is 19.1 Å². The van der Waals surface area contributed by atoms with Gasteiger partial charge in [0, 0.05) is 22.2 Å². The Bertz CT molecular complexity index is 1120. The summed E-state index contributed by atoms with van der Waals surface area (Å²) in [6.07, 6.45) is 0. The molecular weight excluding hydrogens is 350 g/mol. The predicted octanol–water partition coefficient (Wildman–Crippen LogP) is 3.17. The van der Waals surface area contributed by atoms with E-state index in [4.69, 9.17) is 9.47 Å². The lowest BCUT2D eigenvalue weighted by Gasteiger charge is -2.15. The average molecular weight is 363 g/mol. The number of ether oxygens (including phenoxy) is 2. The van der Waals surface area contributed by atoms with Crippen molar-refractivity contribution in [2.45, 2.75) is 4.90 Å². The van der Waals surface area contributed by atoms with E-state index in [0.29, 0.717) is 10.8 Å². The summed E-state index contributed by atoms with van der Waals surface area (Å²) in [6.45, 7) is 0. The number of methoxy groups -OCH3 is 2. The third kappa shape index (κ3) is 2.63. The van der Waals surface area contributed by atoms with E-state index in [0.717, 1.165) is 12.1 Å². The number of fused-ring (bicyclic) bond motifs is 2. The molecule has 0 atom stereocenters. The fourth-order valence-electron chi connectivity index (χ4n) is 2.90. The van der Waals surface area contributed by atoms with Crippen LogP contribution in [0.3, 0.4) is 0 Å². The molecule has 0 amide bonds. The largest absolute Gasteiger partial charge is 0.495 e. The lowest BCUT2D eigenvalue weighted by Crippen LogP contribution is -2.02. The zero-order valence-corrected chi connectivity index (χ0v) is 14.0. The maximum Gasteiger partial charge on any atom is 0.294 e. The van der Waals surface area contributed by atoms with Crippen LogP contribution < -0.4 is 9.47 Å². The first-order valence-electron chi connectivity index (χ1n) is 7.02. The van der Waals surface area contributed by atoms with E-state index in [-0.39, 0.29) is 22.3 Å². The number of nitrogens with zero attached hydrogens (tertiary/aromatic N) is 1. The van der Waals surface area contributed by atoms with E-state index in [1.165, 1.54) is 14.2 Å². The van der Waals surface area contributed by atoms with Gasteiger partial charge in [0.25, 0.3) is 15.8 Å². The molecule has 3 aromatic rings. The molecule has 0 unspecified atom stereocenters. The second-order valence-electron chi connectivity index (χ2n) is 5.21. The molecule has 0 aliphatic rings. The van der Waals surface area contributed by atoms with Crippen molar-refractivity contribution in [3.63, 3.8) is 0 Å². The maximum atomic E-state index is 11.5. The summed E-state index contributed by atoms with van der Waals surface area (Å²) >= 11 is 0. The summed E-state index contributed by atoms with van der Waals surface area (Å²) in [7, 11) is -1.91. The topological polar surface area (TPSA) is 116 Å². The summed E-state index contributed by atoms with van der Waals surface area (Å²) in [6, 6.07) is 8.87. The van der Waals surface area contributed by atoms with Crippen molar-refractivity contribution in [2.75, 3.05) is 14.2 Å². The van der Waals surface area contributed by atoms with Gasteiger partial charge in [-0.1, -0.05) is 24.3 Å². The molecule has 0 bridgehead atoms. The molecule has 0 fully saturated rings. The highest BCUT2D eigenvalue weighted by molar-refractivity contribution is 7.85. The van der Waals surface area contributed by atoms with Crippen LogP contribution in [-0.4, -0.2) is 32.1 Å². The minimum atomic E-state index is -4.65. The van der Waals surface area contributed by atoms with Crippen LogP contribution in [0.15, 0.2) is 41.3 Å². The minimum absolute atomic E-state index is 0.0930. The van der Waals surface area contributed by atoms with Crippen LogP contribution in [0.25, 0.3) is 21.5 Å². The fourth-order valence-corrected chi connectivity index (χ4v) is 3.43. The van der Waals surface area contributed by atoms with Crippen molar-refractivity contribution in [1.82, 2.24) is 0 Å². The molecule has 0 aliphatic carbocycles. The molecule has 0 spiro atoms. The lowest BCUT2D eigenvalue weighted by atomic mass is 9.99. The van der Waals surface area contributed by atoms with Crippen molar-refractivity contribution in [3.8, 4) is 11.5 Å². The predicted molar refractivity (Wildman–Crippen MR) is 91.0 cm³/mol. The van der Waals surface area contributed by atoms with Gasteiger partial charge in [-0.05, 0) is 6.07 Å². The summed E-state index contributed by atoms with van der Waals surface area (Å²) < 4.78 is 43.2.